The molecule has 0 atom stereocenters. The van der Waals surface area contributed by atoms with Crippen molar-refractivity contribution < 1.29 is 27.9 Å². The van der Waals surface area contributed by atoms with E-state index in [-0.39, 0.29) is 31.2 Å². The second-order valence-corrected chi connectivity index (χ2v) is 12.7. The van der Waals surface area contributed by atoms with Gasteiger partial charge in [0, 0.05) is 36.6 Å². The Bertz CT molecular complexity index is 1420. The third-order valence-corrected chi connectivity index (χ3v) is 8.39. The Hall–Kier alpha value is -3.38. The average molecular weight is 634 g/mol. The molecule has 44 heavy (non-hydrogen) atoms. The normalized spacial score (nSPS) is 14.2. The molecule has 12 heteroatoms. The van der Waals surface area contributed by atoms with E-state index in [9.17, 15) is 27.9 Å². The van der Waals surface area contributed by atoms with Crippen molar-refractivity contribution in [2.45, 2.75) is 73.5 Å². The molecule has 0 saturated carbocycles. The first kappa shape index (κ1) is 35.1. The number of rotatable bonds is 12. The van der Waals surface area contributed by atoms with Gasteiger partial charge in [-0.1, -0.05) is 28.2 Å². The van der Waals surface area contributed by atoms with E-state index in [0.29, 0.717) is 66.0 Å². The number of piperidine rings is 1. The summed E-state index contributed by atoms with van der Waals surface area (Å²) in [5, 5.41) is 9.73. The lowest BCUT2D eigenvalue weighted by Gasteiger charge is -2.30. The van der Waals surface area contributed by atoms with Crippen molar-refractivity contribution in [3.8, 4) is 11.3 Å². The first-order chi connectivity index (χ1) is 20.3. The summed E-state index contributed by atoms with van der Waals surface area (Å²) < 4.78 is 41.0. The van der Waals surface area contributed by atoms with Crippen molar-refractivity contribution in [3.05, 3.63) is 57.3 Å². The van der Waals surface area contributed by atoms with Crippen LogP contribution in [0.1, 0.15) is 79.0 Å². The Morgan fingerprint density at radius 1 is 1.14 bits per heavy atom. The van der Waals surface area contributed by atoms with Crippen molar-refractivity contribution in [1.82, 2.24) is 19.9 Å². The number of alkyl halides is 3. The molecule has 240 valence electrons. The molecule has 0 bridgehead atoms. The maximum absolute atomic E-state index is 13.7. The van der Waals surface area contributed by atoms with Gasteiger partial charge in [0.05, 0.1) is 36.0 Å². The molecule has 0 amide bonds. The molecule has 4 rings (SSSR count). The smallest absolute Gasteiger partial charge is 0.416 e. The van der Waals surface area contributed by atoms with E-state index < -0.39 is 17.7 Å². The van der Waals surface area contributed by atoms with Crippen LogP contribution in [0.2, 0.25) is 0 Å². The van der Waals surface area contributed by atoms with Gasteiger partial charge in [-0.25, -0.2) is 15.0 Å². The van der Waals surface area contributed by atoms with Crippen LogP contribution in [0.15, 0.2) is 30.6 Å². The van der Waals surface area contributed by atoms with E-state index in [2.05, 4.69) is 35.6 Å². The van der Waals surface area contributed by atoms with Crippen LogP contribution in [-0.4, -0.2) is 62.9 Å². The van der Waals surface area contributed by atoms with Crippen molar-refractivity contribution in [2.75, 3.05) is 31.1 Å². The third kappa shape index (κ3) is 9.07. The fraction of sp³-hybridized carbons (Fsp3) is 0.531. The van der Waals surface area contributed by atoms with Crippen molar-refractivity contribution in [3.63, 3.8) is 0 Å². The Labute approximate surface area is 261 Å². The van der Waals surface area contributed by atoms with E-state index in [1.54, 1.807) is 13.0 Å². The third-order valence-electron chi connectivity index (χ3n) is 7.35. The van der Waals surface area contributed by atoms with E-state index in [4.69, 9.17) is 4.98 Å². The molecule has 0 radical (unpaired) electrons. The zero-order chi connectivity index (χ0) is 31.3. The van der Waals surface area contributed by atoms with E-state index in [0.717, 1.165) is 36.5 Å². The molecule has 0 unspecified atom stereocenters. The molecule has 1 N–H and O–H groups in total. The van der Waals surface area contributed by atoms with Crippen molar-refractivity contribution >= 4 is 28.9 Å². The number of carboxylic acids is 1. The minimum absolute atomic E-state index is 0. The van der Waals surface area contributed by atoms with Gasteiger partial charge in [0.1, 0.15) is 16.5 Å². The molecule has 3 heterocycles. The zero-order valence-corrected chi connectivity index (χ0v) is 25.8. The number of aliphatic carboxylic acids is 1. The minimum Gasteiger partial charge on any atom is -0.481 e. The summed E-state index contributed by atoms with van der Waals surface area (Å²) in [6.45, 7) is 11.3. The molecule has 1 aromatic carbocycles. The largest absolute Gasteiger partial charge is 0.481 e. The highest BCUT2D eigenvalue weighted by atomic mass is 32.1. The Kier molecular flexibility index (Phi) is 12.0. The maximum Gasteiger partial charge on any atom is 0.416 e. The van der Waals surface area contributed by atoms with E-state index in [1.807, 2.05) is 4.90 Å². The molecule has 3 aromatic rings. The molecule has 0 spiro atoms. The molecule has 0 aliphatic carbocycles. The fourth-order valence-electron chi connectivity index (χ4n) is 5.37. The summed E-state index contributed by atoms with van der Waals surface area (Å²) in [6, 6.07) is 3.96. The number of thiazole rings is 1. The molecule has 1 aliphatic heterocycles. The van der Waals surface area contributed by atoms with Crippen LogP contribution < -0.4 is 4.90 Å². The number of carbonyl (C=O) groups excluding carboxylic acids is 1. The summed E-state index contributed by atoms with van der Waals surface area (Å²) >= 11 is 1.35. The lowest BCUT2D eigenvalue weighted by molar-refractivity contribution is -0.142. The summed E-state index contributed by atoms with van der Waals surface area (Å²) in [5.74, 6) is -0.452. The van der Waals surface area contributed by atoms with E-state index >= 15 is 0 Å². The lowest BCUT2D eigenvalue weighted by Crippen LogP contribution is -2.36. The highest BCUT2D eigenvalue weighted by Gasteiger charge is 2.32. The number of hydrogen-bond acceptors (Lipinski definition) is 8. The summed E-state index contributed by atoms with van der Waals surface area (Å²) in [5.41, 5.74) is 0.780. The highest BCUT2D eigenvalue weighted by Crippen LogP contribution is 2.36. The first-order valence-corrected chi connectivity index (χ1v) is 15.4. The van der Waals surface area contributed by atoms with Crippen molar-refractivity contribution in [2.24, 2.45) is 11.8 Å². The Balaban J connectivity index is 0.00000529. The van der Waals surface area contributed by atoms with Crippen LogP contribution in [0.4, 0.5) is 19.0 Å². The SMILES string of the molecule is C.CCCN(Cc1sc(CC(=O)c2cnc(N3CCC(C(=O)O)CC3)cn2)nc1-c1cc(C)cc(C(F)(F)F)c1)CC(C)C. The van der Waals surface area contributed by atoms with Crippen LogP contribution >= 0.6 is 11.3 Å². The van der Waals surface area contributed by atoms with Crippen LogP contribution in [0.25, 0.3) is 11.3 Å². The average Bonchev–Trinajstić information content (AvgIpc) is 3.34. The number of aryl methyl sites for hydroxylation is 1. The van der Waals surface area contributed by atoms with Crippen LogP contribution in [-0.2, 0) is 23.9 Å². The van der Waals surface area contributed by atoms with Crippen LogP contribution in [0.5, 0.6) is 0 Å². The summed E-state index contributed by atoms with van der Waals surface area (Å²) in [7, 11) is 0. The predicted molar refractivity (Wildman–Crippen MR) is 167 cm³/mol. The fourth-order valence-corrected chi connectivity index (χ4v) is 6.51. The molecule has 1 aliphatic rings. The Morgan fingerprint density at radius 3 is 2.41 bits per heavy atom. The van der Waals surface area contributed by atoms with Crippen LogP contribution in [0, 0.1) is 18.8 Å². The maximum atomic E-state index is 13.7. The number of benzene rings is 1. The summed E-state index contributed by atoms with van der Waals surface area (Å²) in [6.07, 6.45) is 0.367. The van der Waals surface area contributed by atoms with Crippen molar-refractivity contribution in [1.29, 1.82) is 0 Å². The van der Waals surface area contributed by atoms with Gasteiger partial charge in [-0.15, -0.1) is 11.3 Å². The monoisotopic (exact) mass is 633 g/mol. The molecular formula is C32H42F3N5O3S. The predicted octanol–water partition coefficient (Wildman–Crippen LogP) is 7.16. The van der Waals surface area contributed by atoms with Crippen LogP contribution in [0.3, 0.4) is 0 Å². The van der Waals surface area contributed by atoms with Gasteiger partial charge in [0.15, 0.2) is 5.78 Å². The number of halogens is 3. The Morgan fingerprint density at radius 2 is 1.84 bits per heavy atom. The molecular weight excluding hydrogens is 591 g/mol. The van der Waals surface area contributed by atoms with Gasteiger partial charge in [0.25, 0.3) is 0 Å². The van der Waals surface area contributed by atoms with Gasteiger partial charge in [-0.3, -0.25) is 14.5 Å². The van der Waals surface area contributed by atoms with E-state index in [1.165, 1.54) is 23.7 Å². The van der Waals surface area contributed by atoms with Gasteiger partial charge < -0.3 is 10.0 Å². The highest BCUT2D eigenvalue weighted by molar-refractivity contribution is 7.12. The minimum atomic E-state index is -4.49. The zero-order valence-electron chi connectivity index (χ0n) is 24.9. The second-order valence-electron chi connectivity index (χ2n) is 11.6. The lowest BCUT2D eigenvalue weighted by atomic mass is 9.97. The molecule has 8 nitrogen and oxygen atoms in total. The second kappa shape index (κ2) is 15.1. The standard InChI is InChI=1S/C31H38F3N5O3S.CH4/c1-5-8-38(17-19(2)3)18-26-29(22-11-20(4)12-23(13-22)31(32,33)34)37-28(43-26)14-25(40)24-15-36-27(16-35-24)39-9-6-21(7-10-39)30(41)42;/h11-13,15-16,19,21H,5-10,14,17-18H2,1-4H3,(H,41,42);1H4. The first-order valence-electron chi connectivity index (χ1n) is 14.6. The number of Topliss-reactive ketones (excluding diaryl/α,β-unsaturated/α-hetero) is 1. The van der Waals surface area contributed by atoms with Gasteiger partial charge in [0.2, 0.25) is 0 Å². The number of carbonyl (C=O) groups is 2. The quantitative estimate of drug-likeness (QED) is 0.210. The number of anilines is 1. The molecule has 1 saturated heterocycles. The van der Waals surface area contributed by atoms with Gasteiger partial charge in [-0.05, 0) is 62.4 Å². The molecule has 2 aromatic heterocycles. The summed E-state index contributed by atoms with van der Waals surface area (Å²) in [4.78, 5) is 42.9. The number of carboxylic acid groups (broad SMARTS) is 1. The van der Waals surface area contributed by atoms with Gasteiger partial charge >= 0.3 is 12.1 Å². The number of hydrogen-bond donors (Lipinski definition) is 1. The molecule has 1 fully saturated rings. The number of aromatic nitrogens is 3. The van der Waals surface area contributed by atoms with Gasteiger partial charge in [-0.2, -0.15) is 13.2 Å². The number of ketones is 1. The number of nitrogens with zero attached hydrogens (tertiary/aromatic N) is 5. The topological polar surface area (TPSA) is 99.5 Å².